The van der Waals surface area contributed by atoms with Crippen molar-refractivity contribution >= 4 is 17.7 Å². The van der Waals surface area contributed by atoms with Gasteiger partial charge in [-0.2, -0.15) is 0 Å². The Morgan fingerprint density at radius 3 is 2.61 bits per heavy atom. The number of nitrogens with zero attached hydrogens (tertiary/aromatic N) is 1. The van der Waals surface area contributed by atoms with E-state index in [1.165, 1.54) is 12.1 Å². The van der Waals surface area contributed by atoms with E-state index >= 15 is 0 Å². The van der Waals surface area contributed by atoms with E-state index in [2.05, 4.69) is 5.32 Å². The van der Waals surface area contributed by atoms with E-state index in [1.807, 2.05) is 34.6 Å². The van der Waals surface area contributed by atoms with Crippen LogP contribution < -0.4 is 5.32 Å². The minimum absolute atomic E-state index is 0.0413. The van der Waals surface area contributed by atoms with E-state index in [1.54, 1.807) is 11.0 Å². The predicted molar refractivity (Wildman–Crippen MR) is 91.3 cm³/mol. The maximum absolute atomic E-state index is 13.1. The van der Waals surface area contributed by atoms with Crippen molar-refractivity contribution in [3.63, 3.8) is 0 Å². The number of ether oxygens (including phenoxy) is 1. The minimum Gasteiger partial charge on any atom is -0.444 e. The number of likely N-dealkylation sites (N-methyl/N-ethyl adjacent to an activating group) is 1. The summed E-state index contributed by atoms with van der Waals surface area (Å²) in [5.74, 6) is -0.354. The number of nitrogens with one attached hydrogen (secondary N) is 1. The number of carbonyl (C=O) groups excluding carboxylic acids is 1. The van der Waals surface area contributed by atoms with Gasteiger partial charge in [0, 0.05) is 30.7 Å². The molecule has 0 aliphatic heterocycles. The van der Waals surface area contributed by atoms with Crippen LogP contribution in [0.5, 0.6) is 0 Å². The molecule has 0 radical (unpaired) electrons. The first-order valence-electron chi connectivity index (χ1n) is 7.80. The van der Waals surface area contributed by atoms with Gasteiger partial charge in [-0.3, -0.25) is 0 Å². The third-order valence-corrected chi connectivity index (χ3v) is 3.62. The fourth-order valence-corrected chi connectivity index (χ4v) is 2.41. The molecule has 0 saturated heterocycles. The van der Waals surface area contributed by atoms with Crippen LogP contribution in [0.3, 0.4) is 0 Å². The number of hydrogen-bond donors (Lipinski definition) is 1. The van der Waals surface area contributed by atoms with Crippen LogP contribution >= 0.6 is 11.6 Å². The lowest BCUT2D eigenvalue weighted by molar-refractivity contribution is 0.0261. The molecule has 1 rings (SSSR count). The summed E-state index contributed by atoms with van der Waals surface area (Å²) in [5.41, 5.74) is 0.320. The van der Waals surface area contributed by atoms with Gasteiger partial charge in [0.2, 0.25) is 0 Å². The van der Waals surface area contributed by atoms with Crippen molar-refractivity contribution < 1.29 is 13.9 Å². The van der Waals surface area contributed by atoms with Gasteiger partial charge in [-0.1, -0.05) is 17.7 Å². The van der Waals surface area contributed by atoms with Crippen molar-refractivity contribution in [3.8, 4) is 0 Å². The van der Waals surface area contributed by atoms with Gasteiger partial charge in [0.25, 0.3) is 0 Å². The Hall–Kier alpha value is -1.33. The van der Waals surface area contributed by atoms with E-state index in [0.29, 0.717) is 24.7 Å². The normalized spacial score (nSPS) is 12.8. The molecule has 1 aromatic carbocycles. The monoisotopic (exact) mass is 344 g/mol. The van der Waals surface area contributed by atoms with Crippen LogP contribution in [0, 0.1) is 5.82 Å². The fourth-order valence-electron chi connectivity index (χ4n) is 2.08. The molecule has 1 atom stereocenters. The Morgan fingerprint density at radius 2 is 2.09 bits per heavy atom. The van der Waals surface area contributed by atoms with Gasteiger partial charge in [-0.25, -0.2) is 9.18 Å². The first-order valence-corrected chi connectivity index (χ1v) is 8.18. The Labute approximate surface area is 142 Å². The van der Waals surface area contributed by atoms with Crippen molar-refractivity contribution in [1.82, 2.24) is 10.2 Å². The molecular formula is C17H26ClFN2O2. The Kier molecular flexibility index (Phi) is 7.29. The third-order valence-electron chi connectivity index (χ3n) is 3.29. The highest BCUT2D eigenvalue weighted by Gasteiger charge is 2.21. The van der Waals surface area contributed by atoms with Crippen LogP contribution in [-0.2, 0) is 4.74 Å². The largest absolute Gasteiger partial charge is 0.444 e. The van der Waals surface area contributed by atoms with E-state index in [4.69, 9.17) is 16.3 Å². The number of benzene rings is 1. The van der Waals surface area contributed by atoms with Crippen LogP contribution in [0.4, 0.5) is 9.18 Å². The number of halogens is 2. The first-order chi connectivity index (χ1) is 10.6. The lowest BCUT2D eigenvalue weighted by Crippen LogP contribution is -2.40. The van der Waals surface area contributed by atoms with Crippen molar-refractivity contribution in [2.45, 2.75) is 46.3 Å². The van der Waals surface area contributed by atoms with Crippen molar-refractivity contribution in [2.75, 3.05) is 19.6 Å². The van der Waals surface area contributed by atoms with Crippen LogP contribution in [0.15, 0.2) is 18.2 Å². The summed E-state index contributed by atoms with van der Waals surface area (Å²) < 4.78 is 18.4. The van der Waals surface area contributed by atoms with Gasteiger partial charge in [-0.15, -0.1) is 0 Å². The summed E-state index contributed by atoms with van der Waals surface area (Å²) in [6.07, 6.45) is -0.325. The van der Waals surface area contributed by atoms with Crippen LogP contribution in [0.2, 0.25) is 5.02 Å². The van der Waals surface area contributed by atoms with Gasteiger partial charge in [0.15, 0.2) is 0 Å². The second-order valence-electron chi connectivity index (χ2n) is 6.40. The molecule has 0 fully saturated rings. The quantitative estimate of drug-likeness (QED) is 0.832. The maximum Gasteiger partial charge on any atom is 0.410 e. The molecule has 1 N–H and O–H groups in total. The summed E-state index contributed by atoms with van der Waals surface area (Å²) in [6, 6.07) is 4.31. The molecule has 0 aliphatic rings. The van der Waals surface area contributed by atoms with E-state index in [-0.39, 0.29) is 18.0 Å². The highest BCUT2D eigenvalue weighted by Crippen LogP contribution is 2.23. The molecule has 6 heteroatoms. The molecule has 0 heterocycles. The molecule has 0 aliphatic carbocycles. The molecule has 1 unspecified atom stereocenters. The van der Waals surface area contributed by atoms with Crippen LogP contribution in [0.1, 0.15) is 46.2 Å². The second kappa shape index (κ2) is 8.50. The van der Waals surface area contributed by atoms with Crippen molar-refractivity contribution in [2.24, 2.45) is 0 Å². The highest BCUT2D eigenvalue weighted by atomic mass is 35.5. The average molecular weight is 345 g/mol. The molecule has 130 valence electrons. The van der Waals surface area contributed by atoms with Gasteiger partial charge in [0.05, 0.1) is 0 Å². The van der Waals surface area contributed by atoms with E-state index in [0.717, 1.165) is 5.56 Å². The molecule has 4 nitrogen and oxygen atoms in total. The van der Waals surface area contributed by atoms with Crippen molar-refractivity contribution in [1.29, 1.82) is 0 Å². The molecule has 0 spiro atoms. The summed E-state index contributed by atoms with van der Waals surface area (Å²) in [5, 5.41) is 3.68. The van der Waals surface area contributed by atoms with Crippen LogP contribution in [-0.4, -0.2) is 36.2 Å². The number of amides is 1. The fraction of sp³-hybridized carbons (Fsp3) is 0.588. The average Bonchev–Trinajstić information content (AvgIpc) is 2.41. The third kappa shape index (κ3) is 6.75. The maximum atomic E-state index is 13.1. The standard InChI is InChI=1S/C17H26ClFN2O2/c1-6-21(16(22)23-17(3,4)5)10-9-20-12(2)14-8-7-13(19)11-15(14)18/h7-8,11-12,20H,6,9-10H2,1-5H3. The molecule has 0 bridgehead atoms. The molecular weight excluding hydrogens is 319 g/mol. The van der Waals surface area contributed by atoms with Gasteiger partial charge < -0.3 is 15.0 Å². The van der Waals surface area contributed by atoms with Gasteiger partial charge in [0.1, 0.15) is 11.4 Å². The predicted octanol–water partition coefficient (Wildman–Crippen LogP) is 4.39. The van der Waals surface area contributed by atoms with E-state index in [9.17, 15) is 9.18 Å². The summed E-state index contributed by atoms with van der Waals surface area (Å²) in [7, 11) is 0. The summed E-state index contributed by atoms with van der Waals surface area (Å²) >= 11 is 6.05. The summed E-state index contributed by atoms with van der Waals surface area (Å²) in [4.78, 5) is 13.7. The van der Waals surface area contributed by atoms with Gasteiger partial charge >= 0.3 is 6.09 Å². The Balaban J connectivity index is 2.52. The molecule has 1 aromatic rings. The smallest absolute Gasteiger partial charge is 0.410 e. The summed E-state index contributed by atoms with van der Waals surface area (Å²) in [6.45, 7) is 11.1. The highest BCUT2D eigenvalue weighted by molar-refractivity contribution is 6.31. The Morgan fingerprint density at radius 1 is 1.43 bits per heavy atom. The minimum atomic E-state index is -0.507. The molecule has 1 amide bonds. The topological polar surface area (TPSA) is 41.6 Å². The number of hydrogen-bond acceptors (Lipinski definition) is 3. The van der Waals surface area contributed by atoms with Gasteiger partial charge in [-0.05, 0) is 52.3 Å². The number of carbonyl (C=O) groups is 1. The molecule has 0 saturated carbocycles. The van der Waals surface area contributed by atoms with Crippen molar-refractivity contribution in [3.05, 3.63) is 34.6 Å². The number of rotatable bonds is 6. The zero-order chi connectivity index (χ0) is 17.6. The zero-order valence-electron chi connectivity index (χ0n) is 14.5. The Bertz CT molecular complexity index is 532. The lowest BCUT2D eigenvalue weighted by Gasteiger charge is -2.27. The lowest BCUT2D eigenvalue weighted by atomic mass is 10.1. The first kappa shape index (κ1) is 19.7. The van der Waals surface area contributed by atoms with Crippen LogP contribution in [0.25, 0.3) is 0 Å². The molecule has 0 aromatic heterocycles. The SMILES string of the molecule is CCN(CCNC(C)c1ccc(F)cc1Cl)C(=O)OC(C)(C)C. The van der Waals surface area contributed by atoms with E-state index < -0.39 is 5.60 Å². The molecule has 23 heavy (non-hydrogen) atoms. The second-order valence-corrected chi connectivity index (χ2v) is 6.81. The zero-order valence-corrected chi connectivity index (χ0v) is 15.2.